The Morgan fingerprint density at radius 2 is 1.69 bits per heavy atom. The maximum Gasteiger partial charge on any atom is 0.321 e. The molecule has 0 aliphatic rings. The molecule has 0 aliphatic carbocycles. The summed E-state index contributed by atoms with van der Waals surface area (Å²) in [5.74, 6) is -2.07. The van der Waals surface area contributed by atoms with Crippen molar-refractivity contribution in [3.63, 3.8) is 0 Å². The highest BCUT2D eigenvalue weighted by atomic mass is 35.5. The summed E-state index contributed by atoms with van der Waals surface area (Å²) in [7, 11) is 0. The van der Waals surface area contributed by atoms with Gasteiger partial charge in [0.15, 0.2) is 0 Å². The summed E-state index contributed by atoms with van der Waals surface area (Å²) < 4.78 is 1.79. The number of benzene rings is 1. The minimum atomic E-state index is -1.12. The molecule has 0 fully saturated rings. The molecule has 2 aromatic rings. The molecule has 1 aromatic carbocycles. The topological polar surface area (TPSA) is 139 Å². The second kappa shape index (κ2) is 11.2. The van der Waals surface area contributed by atoms with E-state index in [0.717, 1.165) is 5.56 Å². The quantitative estimate of drug-likeness (QED) is 0.439. The number of rotatable bonds is 10. The number of hydrogen-bond donors (Lipinski definition) is 4. The van der Waals surface area contributed by atoms with Crippen molar-refractivity contribution in [1.29, 1.82) is 0 Å². The smallest absolute Gasteiger partial charge is 0.321 e. The number of halogens is 2. The Balaban J connectivity index is 0.00000420. The van der Waals surface area contributed by atoms with Crippen molar-refractivity contribution in [2.24, 2.45) is 5.92 Å². The zero-order valence-corrected chi connectivity index (χ0v) is 17.8. The molecule has 1 heterocycles. The van der Waals surface area contributed by atoms with Crippen molar-refractivity contribution >= 4 is 35.1 Å². The van der Waals surface area contributed by atoms with Crippen LogP contribution in [0.1, 0.15) is 31.5 Å². The SMILES string of the molecule is CC(C)C[C@H](N[C@@H](Cc1cncn1Cc1cc(Cl)cc(Cl)c1)C(=O)O)C(=O)O.N. The Labute approximate surface area is 179 Å². The van der Waals surface area contributed by atoms with Crippen LogP contribution in [-0.4, -0.2) is 43.8 Å². The summed E-state index contributed by atoms with van der Waals surface area (Å²) in [4.78, 5) is 27.3. The lowest BCUT2D eigenvalue weighted by Crippen LogP contribution is -2.49. The highest BCUT2D eigenvalue weighted by molar-refractivity contribution is 6.34. The van der Waals surface area contributed by atoms with Crippen molar-refractivity contribution in [3.8, 4) is 0 Å². The Morgan fingerprint density at radius 3 is 2.21 bits per heavy atom. The molecule has 1 aromatic heterocycles. The summed E-state index contributed by atoms with van der Waals surface area (Å²) in [6.07, 6.45) is 3.58. The first-order valence-electron chi connectivity index (χ1n) is 8.81. The molecule has 0 aliphatic heterocycles. The highest BCUT2D eigenvalue weighted by Gasteiger charge is 2.27. The Kier molecular flexibility index (Phi) is 9.58. The summed E-state index contributed by atoms with van der Waals surface area (Å²) in [5, 5.41) is 22.7. The van der Waals surface area contributed by atoms with E-state index < -0.39 is 24.0 Å². The first-order chi connectivity index (χ1) is 13.2. The van der Waals surface area contributed by atoms with Gasteiger partial charge in [-0.1, -0.05) is 37.0 Å². The van der Waals surface area contributed by atoms with Gasteiger partial charge in [-0.2, -0.15) is 0 Å². The van der Waals surface area contributed by atoms with Gasteiger partial charge in [0.05, 0.1) is 6.33 Å². The number of aliphatic carboxylic acids is 2. The molecule has 10 heteroatoms. The summed E-state index contributed by atoms with van der Waals surface area (Å²) in [6.45, 7) is 4.19. The molecule has 0 radical (unpaired) electrons. The normalized spacial score (nSPS) is 13.0. The molecule has 0 bridgehead atoms. The Morgan fingerprint density at radius 1 is 1.10 bits per heavy atom. The largest absolute Gasteiger partial charge is 0.480 e. The van der Waals surface area contributed by atoms with Gasteiger partial charge in [0.1, 0.15) is 12.1 Å². The molecule has 0 amide bonds. The molecular formula is C19H26Cl2N4O4. The van der Waals surface area contributed by atoms with Gasteiger partial charge in [0.25, 0.3) is 0 Å². The molecule has 0 spiro atoms. The fraction of sp³-hybridized carbons (Fsp3) is 0.421. The van der Waals surface area contributed by atoms with Crippen LogP contribution in [0.4, 0.5) is 0 Å². The highest BCUT2D eigenvalue weighted by Crippen LogP contribution is 2.20. The first-order valence-corrected chi connectivity index (χ1v) is 9.57. The van der Waals surface area contributed by atoms with Gasteiger partial charge >= 0.3 is 11.9 Å². The second-order valence-corrected chi connectivity index (χ2v) is 7.95. The predicted octanol–water partition coefficient (Wildman–Crippen LogP) is 3.48. The van der Waals surface area contributed by atoms with Gasteiger partial charge in [-0.05, 0) is 36.1 Å². The van der Waals surface area contributed by atoms with Crippen molar-refractivity contribution < 1.29 is 19.8 Å². The minimum Gasteiger partial charge on any atom is -0.480 e. The van der Waals surface area contributed by atoms with Gasteiger partial charge in [-0.25, -0.2) is 4.98 Å². The van der Waals surface area contributed by atoms with E-state index in [1.165, 1.54) is 0 Å². The minimum absolute atomic E-state index is 0. The van der Waals surface area contributed by atoms with Crippen LogP contribution in [0, 0.1) is 5.92 Å². The van der Waals surface area contributed by atoms with E-state index >= 15 is 0 Å². The van der Waals surface area contributed by atoms with Gasteiger partial charge < -0.3 is 20.9 Å². The number of hydrogen-bond acceptors (Lipinski definition) is 5. The van der Waals surface area contributed by atoms with E-state index in [4.69, 9.17) is 23.2 Å². The van der Waals surface area contributed by atoms with E-state index in [2.05, 4.69) is 10.3 Å². The average Bonchev–Trinajstić information content (AvgIpc) is 2.98. The van der Waals surface area contributed by atoms with Crippen molar-refractivity contribution in [3.05, 3.63) is 52.0 Å². The Bertz CT molecular complexity index is 821. The maximum absolute atomic E-state index is 11.7. The van der Waals surface area contributed by atoms with Crippen molar-refractivity contribution in [1.82, 2.24) is 21.0 Å². The van der Waals surface area contributed by atoms with Crippen LogP contribution in [0.3, 0.4) is 0 Å². The molecule has 6 N–H and O–H groups in total. The van der Waals surface area contributed by atoms with Crippen LogP contribution in [0.5, 0.6) is 0 Å². The average molecular weight is 445 g/mol. The van der Waals surface area contributed by atoms with Gasteiger partial charge in [-0.3, -0.25) is 14.9 Å². The zero-order chi connectivity index (χ0) is 20.8. The van der Waals surface area contributed by atoms with Crippen LogP contribution in [0.15, 0.2) is 30.7 Å². The molecule has 2 atom stereocenters. The molecule has 160 valence electrons. The van der Waals surface area contributed by atoms with E-state index in [1.807, 2.05) is 13.8 Å². The number of aromatic nitrogens is 2. The number of carboxylic acids is 2. The third-order valence-electron chi connectivity index (χ3n) is 4.19. The molecule has 2 rings (SSSR count). The number of imidazole rings is 1. The number of nitrogens with zero attached hydrogens (tertiary/aromatic N) is 2. The molecule has 29 heavy (non-hydrogen) atoms. The van der Waals surface area contributed by atoms with Crippen LogP contribution >= 0.6 is 23.2 Å². The fourth-order valence-electron chi connectivity index (χ4n) is 2.94. The lowest BCUT2D eigenvalue weighted by atomic mass is 10.0. The molecule has 0 saturated carbocycles. The van der Waals surface area contributed by atoms with E-state index in [1.54, 1.807) is 35.3 Å². The van der Waals surface area contributed by atoms with Crippen LogP contribution in [0.25, 0.3) is 0 Å². The van der Waals surface area contributed by atoms with Gasteiger partial charge in [0, 0.05) is 34.9 Å². The third-order valence-corrected chi connectivity index (χ3v) is 4.63. The van der Waals surface area contributed by atoms with E-state index in [-0.39, 0.29) is 18.5 Å². The van der Waals surface area contributed by atoms with Gasteiger partial charge in [-0.15, -0.1) is 0 Å². The standard InChI is InChI=1S/C19H23Cl2N3O4.H3N/c1-11(2)3-16(18(25)26)23-17(19(27)28)7-15-8-22-10-24(15)9-12-4-13(20)6-14(21)5-12;/h4-6,8,10-11,16-17,23H,3,7,9H2,1-2H3,(H,25,26)(H,27,28);1H3/t16-,17-;/m0./s1. The zero-order valence-electron chi connectivity index (χ0n) is 16.3. The number of carboxylic acid groups (broad SMARTS) is 2. The predicted molar refractivity (Wildman–Crippen MR) is 112 cm³/mol. The van der Waals surface area contributed by atoms with E-state index in [0.29, 0.717) is 28.7 Å². The Hall–Kier alpha value is -2.13. The van der Waals surface area contributed by atoms with Crippen molar-refractivity contribution in [2.45, 2.75) is 45.3 Å². The van der Waals surface area contributed by atoms with Crippen molar-refractivity contribution in [2.75, 3.05) is 0 Å². The molecule has 0 saturated heterocycles. The molecule has 0 unspecified atom stereocenters. The fourth-order valence-corrected chi connectivity index (χ4v) is 3.51. The van der Waals surface area contributed by atoms with Crippen LogP contribution in [0.2, 0.25) is 10.0 Å². The third kappa shape index (κ3) is 7.66. The van der Waals surface area contributed by atoms with Crippen LogP contribution < -0.4 is 11.5 Å². The monoisotopic (exact) mass is 444 g/mol. The maximum atomic E-state index is 11.7. The van der Waals surface area contributed by atoms with Crippen LogP contribution in [-0.2, 0) is 22.6 Å². The van der Waals surface area contributed by atoms with Gasteiger partial charge in [0.2, 0.25) is 0 Å². The molecular weight excluding hydrogens is 419 g/mol. The summed E-state index contributed by atoms with van der Waals surface area (Å²) in [6, 6.07) is 3.18. The summed E-state index contributed by atoms with van der Waals surface area (Å²) >= 11 is 12.1. The van der Waals surface area contributed by atoms with E-state index in [9.17, 15) is 19.8 Å². The number of nitrogens with one attached hydrogen (secondary N) is 1. The lowest BCUT2D eigenvalue weighted by Gasteiger charge is -2.22. The molecule has 8 nitrogen and oxygen atoms in total. The summed E-state index contributed by atoms with van der Waals surface area (Å²) in [5.41, 5.74) is 1.50. The first kappa shape index (κ1) is 24.9. The number of carbonyl (C=O) groups is 2. The lowest BCUT2D eigenvalue weighted by molar-refractivity contribution is -0.142. The second-order valence-electron chi connectivity index (χ2n) is 7.07.